The average Bonchev–Trinajstić information content (AvgIpc) is 3.78. The Morgan fingerprint density at radius 1 is 1.06 bits per heavy atom. The van der Waals surface area contributed by atoms with Crippen molar-refractivity contribution >= 4 is 29.4 Å². The van der Waals surface area contributed by atoms with Crippen LogP contribution in [0.1, 0.15) is 104 Å². The van der Waals surface area contributed by atoms with E-state index in [1.807, 2.05) is 60.7 Å². The van der Waals surface area contributed by atoms with E-state index in [0.717, 1.165) is 11.4 Å². The lowest BCUT2D eigenvalue weighted by atomic mass is 10.0. The number of aryl methyl sites for hydroxylation is 2. The van der Waals surface area contributed by atoms with Crippen molar-refractivity contribution in [2.24, 2.45) is 0 Å². The number of hydrogen-bond acceptors (Lipinski definition) is 8. The van der Waals surface area contributed by atoms with Crippen LogP contribution in [0.4, 0.5) is 10.6 Å². The van der Waals surface area contributed by atoms with Crippen molar-refractivity contribution in [2.45, 2.75) is 85.5 Å². The summed E-state index contributed by atoms with van der Waals surface area (Å²) < 4.78 is 15.8. The second kappa shape index (κ2) is 14.7. The molecule has 3 amide bonds. The molecular weight excluding hydrogens is 610 g/mol. The Hall–Kier alpha value is -4.58. The van der Waals surface area contributed by atoms with Crippen molar-refractivity contribution in [3.8, 4) is 5.75 Å². The maximum Gasteiger partial charge on any atom is 0.596 e. The maximum atomic E-state index is 13.4. The first kappa shape index (κ1) is 34.7. The third-order valence-electron chi connectivity index (χ3n) is 8.41. The van der Waals surface area contributed by atoms with Crippen LogP contribution in [0, 0.1) is 6.92 Å². The van der Waals surface area contributed by atoms with E-state index >= 15 is 0 Å². The maximum absolute atomic E-state index is 13.4. The summed E-state index contributed by atoms with van der Waals surface area (Å²) >= 11 is 0. The molecule has 0 bridgehead atoms. The lowest BCUT2D eigenvalue weighted by Gasteiger charge is -2.30. The van der Waals surface area contributed by atoms with Gasteiger partial charge in [-0.1, -0.05) is 6.07 Å². The molecule has 1 aromatic carbocycles. The molecule has 1 saturated carbocycles. The topological polar surface area (TPSA) is 131 Å². The zero-order valence-corrected chi connectivity index (χ0v) is 29.1. The third-order valence-corrected chi connectivity index (χ3v) is 8.41. The summed E-state index contributed by atoms with van der Waals surface area (Å²) in [5, 5.41) is 10.1. The van der Waals surface area contributed by atoms with Crippen molar-refractivity contribution in [3.05, 3.63) is 70.7 Å². The number of carbonyl (C=O) groups is 3. The van der Waals surface area contributed by atoms with E-state index in [2.05, 4.69) is 26.7 Å². The fraction of sp³-hybridized carbons (Fsp3) is 0.500. The van der Waals surface area contributed by atoms with Gasteiger partial charge in [0.2, 0.25) is 0 Å². The second-order valence-electron chi connectivity index (χ2n) is 13.5. The quantitative estimate of drug-likeness (QED) is 0.265. The molecule has 2 aromatic heterocycles. The second-order valence-corrected chi connectivity index (χ2v) is 13.5. The Morgan fingerprint density at radius 2 is 1.83 bits per heavy atom. The van der Waals surface area contributed by atoms with E-state index in [-0.39, 0.29) is 23.5 Å². The minimum absolute atomic E-state index is 0.253. The van der Waals surface area contributed by atoms with Gasteiger partial charge in [-0.3, -0.25) is 24.2 Å². The van der Waals surface area contributed by atoms with Crippen molar-refractivity contribution in [3.63, 3.8) is 0 Å². The number of aromatic nitrogens is 3. The summed E-state index contributed by atoms with van der Waals surface area (Å²) in [5.74, 6) is 0.638. The number of rotatable bonds is 11. The molecule has 0 spiro atoms. The fourth-order valence-corrected chi connectivity index (χ4v) is 5.73. The predicted octanol–water partition coefficient (Wildman–Crippen LogP) is 5.33. The molecular formula is C36H48N7O5+. The van der Waals surface area contributed by atoms with Gasteiger partial charge in [0.05, 0.1) is 24.3 Å². The molecule has 1 aliphatic carbocycles. The summed E-state index contributed by atoms with van der Waals surface area (Å²) in [6.07, 6.45) is 5.17. The van der Waals surface area contributed by atoms with Crippen LogP contribution < -0.4 is 15.4 Å². The molecule has 256 valence electrons. The molecule has 0 radical (unpaired) electrons. The smallest absolute Gasteiger partial charge is 0.482 e. The highest BCUT2D eigenvalue weighted by atomic mass is 16.6. The number of hydrogen-bond donors (Lipinski definition) is 2. The van der Waals surface area contributed by atoms with Gasteiger partial charge in [0.1, 0.15) is 11.4 Å². The highest BCUT2D eigenvalue weighted by molar-refractivity contribution is 6.07. The molecule has 1 atom stereocenters. The molecule has 5 rings (SSSR count). The van der Waals surface area contributed by atoms with Gasteiger partial charge in [-0.2, -0.15) is 9.89 Å². The molecule has 12 nitrogen and oxygen atoms in total. The van der Waals surface area contributed by atoms with Crippen LogP contribution in [0.5, 0.6) is 5.75 Å². The number of nitrogens with one attached hydrogen (secondary N) is 2. The van der Waals surface area contributed by atoms with Crippen molar-refractivity contribution in [1.29, 1.82) is 0 Å². The Morgan fingerprint density at radius 3 is 2.44 bits per heavy atom. The van der Waals surface area contributed by atoms with Crippen LogP contribution >= 0.6 is 0 Å². The predicted molar refractivity (Wildman–Crippen MR) is 183 cm³/mol. The summed E-state index contributed by atoms with van der Waals surface area (Å²) in [5.41, 5.74) is 3.50. The molecule has 3 aromatic rings. The Kier molecular flexibility index (Phi) is 10.6. The van der Waals surface area contributed by atoms with E-state index in [1.54, 1.807) is 33.7 Å². The van der Waals surface area contributed by atoms with Crippen LogP contribution in [0.15, 0.2) is 42.7 Å². The SMILES string of the molecule is CCNC(=O)c1cc(C(=O)Nc2ccn(CC)n2)c(C)cc1O[C@H](CN1CC[N+](C(=O)OC(C)(C)C)=C(C)C1)c1ccc(C2CC2)cn1. The highest BCUT2D eigenvalue weighted by Crippen LogP contribution is 2.40. The van der Waals surface area contributed by atoms with E-state index in [1.165, 1.54) is 18.4 Å². The van der Waals surface area contributed by atoms with E-state index in [0.29, 0.717) is 67.9 Å². The van der Waals surface area contributed by atoms with Crippen LogP contribution in [0.25, 0.3) is 0 Å². The first-order valence-corrected chi connectivity index (χ1v) is 16.8. The summed E-state index contributed by atoms with van der Waals surface area (Å²) in [6.45, 7) is 16.3. The number of pyridine rings is 1. The van der Waals surface area contributed by atoms with Crippen LogP contribution in [-0.2, 0) is 11.3 Å². The van der Waals surface area contributed by atoms with Crippen molar-refractivity contribution in [1.82, 2.24) is 25.0 Å². The van der Waals surface area contributed by atoms with Crippen molar-refractivity contribution in [2.75, 3.05) is 38.0 Å². The zero-order valence-electron chi connectivity index (χ0n) is 29.1. The number of nitrogens with zero attached hydrogens (tertiary/aromatic N) is 5. The minimum atomic E-state index is -0.583. The van der Waals surface area contributed by atoms with Gasteiger partial charge in [-0.15, -0.1) is 4.58 Å². The van der Waals surface area contributed by atoms with Crippen LogP contribution in [0.3, 0.4) is 0 Å². The number of anilines is 1. The van der Waals surface area contributed by atoms with Gasteiger partial charge >= 0.3 is 6.09 Å². The largest absolute Gasteiger partial charge is 0.596 e. The molecule has 12 heteroatoms. The lowest BCUT2D eigenvalue weighted by molar-refractivity contribution is -0.458. The summed E-state index contributed by atoms with van der Waals surface area (Å²) in [6, 6.07) is 9.17. The number of amides is 3. The lowest BCUT2D eigenvalue weighted by Crippen LogP contribution is -2.48. The Labute approximate surface area is 282 Å². The molecule has 2 N–H and O–H groups in total. The first-order valence-electron chi connectivity index (χ1n) is 16.8. The number of benzene rings is 1. The molecule has 48 heavy (non-hydrogen) atoms. The number of carbonyl (C=O) groups excluding carboxylic acids is 3. The first-order chi connectivity index (χ1) is 22.8. The molecule has 1 fully saturated rings. The van der Waals surface area contributed by atoms with Gasteiger partial charge < -0.3 is 20.1 Å². The Bertz CT molecular complexity index is 1690. The molecule has 2 aliphatic rings. The summed E-state index contributed by atoms with van der Waals surface area (Å²) in [7, 11) is 0. The molecule has 0 unspecified atom stereocenters. The minimum Gasteiger partial charge on any atom is -0.482 e. The van der Waals surface area contributed by atoms with Gasteiger partial charge in [0.25, 0.3) is 11.8 Å². The molecule has 1 aliphatic heterocycles. The van der Waals surface area contributed by atoms with Gasteiger partial charge in [-0.05, 0) is 89.6 Å². The van der Waals surface area contributed by atoms with Crippen molar-refractivity contribution < 1.29 is 28.4 Å². The van der Waals surface area contributed by atoms with Gasteiger partial charge in [0, 0.05) is 50.6 Å². The van der Waals surface area contributed by atoms with Crippen LogP contribution in [0.2, 0.25) is 0 Å². The van der Waals surface area contributed by atoms with E-state index < -0.39 is 11.7 Å². The van der Waals surface area contributed by atoms with Gasteiger partial charge in [0.15, 0.2) is 24.2 Å². The standard InChI is InChI=1S/C36H47N7O5/c1-8-37-33(44)28-19-27(34(45)39-32-14-15-42(9-2)40-32)23(3)18-30(28)47-31(29-13-12-26(20-38-29)25-10-11-25)22-41-16-17-43(24(4)21-41)35(46)48-36(5,6)7/h12-15,18-20,25,31H,8-11,16-17,21-22H2,1-7H3,(H-,37,39,40,44,45)/p+1/t31-/m1/s1. The zero-order chi connectivity index (χ0) is 34.6. The van der Waals surface area contributed by atoms with Gasteiger partial charge in [-0.25, -0.2) is 0 Å². The van der Waals surface area contributed by atoms with E-state index in [4.69, 9.17) is 14.5 Å². The molecule has 3 heterocycles. The highest BCUT2D eigenvalue weighted by Gasteiger charge is 2.34. The third kappa shape index (κ3) is 8.66. The average molecular weight is 659 g/mol. The number of ether oxygens (including phenoxy) is 2. The Balaban J connectivity index is 1.44. The van der Waals surface area contributed by atoms with E-state index in [9.17, 15) is 14.4 Å². The monoisotopic (exact) mass is 658 g/mol. The molecule has 0 saturated heterocycles. The summed E-state index contributed by atoms with van der Waals surface area (Å²) in [4.78, 5) is 46.7. The normalized spacial score (nSPS) is 16.0. The fourth-order valence-electron chi connectivity index (χ4n) is 5.73. The van der Waals surface area contributed by atoms with Crippen LogP contribution in [-0.4, -0.2) is 86.2 Å².